The summed E-state index contributed by atoms with van der Waals surface area (Å²) in [6.45, 7) is 5.18. The summed E-state index contributed by atoms with van der Waals surface area (Å²) >= 11 is 5.96. The van der Waals surface area contributed by atoms with Crippen LogP contribution in [-0.4, -0.2) is 14.7 Å². The molecule has 0 saturated carbocycles. The van der Waals surface area contributed by atoms with Gasteiger partial charge in [0, 0.05) is 23.2 Å². The number of benzene rings is 2. The monoisotopic (exact) mass is 300 g/mol. The van der Waals surface area contributed by atoms with Gasteiger partial charge in [-0.3, -0.25) is 0 Å². The highest BCUT2D eigenvalue weighted by Gasteiger charge is 2.14. The predicted molar refractivity (Wildman–Crippen MR) is 86.7 cm³/mol. The smallest absolute Gasteiger partial charge is 0.141 e. The third-order valence-corrected chi connectivity index (χ3v) is 3.63. The number of phenols is 1. The third kappa shape index (κ3) is 2.74. The third-order valence-electron chi connectivity index (χ3n) is 3.38. The minimum Gasteiger partial charge on any atom is -0.508 e. The Labute approximate surface area is 128 Å². The van der Waals surface area contributed by atoms with E-state index in [9.17, 15) is 5.11 Å². The summed E-state index contributed by atoms with van der Waals surface area (Å²) in [4.78, 5) is 4.72. The van der Waals surface area contributed by atoms with Gasteiger partial charge in [0.2, 0.25) is 0 Å². The summed E-state index contributed by atoms with van der Waals surface area (Å²) in [6, 6.07) is 13.0. The standard InChI is InChI=1S/C17H17ClN2O/c1-11(2)10-20-16-9-14(21)7-8-15(16)19-17(20)12-3-5-13(18)6-4-12/h3-9,11,21H,10H2,1-2H3. The van der Waals surface area contributed by atoms with E-state index in [1.807, 2.05) is 30.3 Å². The molecule has 0 atom stereocenters. The van der Waals surface area contributed by atoms with Crippen LogP contribution in [0.3, 0.4) is 0 Å². The van der Waals surface area contributed by atoms with Crippen molar-refractivity contribution in [1.82, 2.24) is 9.55 Å². The number of hydrogen-bond acceptors (Lipinski definition) is 2. The lowest BCUT2D eigenvalue weighted by Crippen LogP contribution is -2.06. The minimum absolute atomic E-state index is 0.259. The second-order valence-electron chi connectivity index (χ2n) is 5.62. The Morgan fingerprint density at radius 1 is 1.14 bits per heavy atom. The van der Waals surface area contributed by atoms with Gasteiger partial charge in [0.1, 0.15) is 11.6 Å². The molecule has 108 valence electrons. The molecule has 0 unspecified atom stereocenters. The fourth-order valence-electron chi connectivity index (χ4n) is 2.48. The molecule has 0 aliphatic carbocycles. The Hall–Kier alpha value is -2.00. The van der Waals surface area contributed by atoms with E-state index in [-0.39, 0.29) is 5.75 Å². The van der Waals surface area contributed by atoms with Crippen LogP contribution in [0.15, 0.2) is 42.5 Å². The normalized spacial score (nSPS) is 11.4. The predicted octanol–water partition coefficient (Wildman–Crippen LogP) is 4.72. The Balaban J connectivity index is 2.22. The molecule has 4 heteroatoms. The van der Waals surface area contributed by atoms with Gasteiger partial charge in [0.05, 0.1) is 11.0 Å². The van der Waals surface area contributed by atoms with Gasteiger partial charge in [-0.1, -0.05) is 25.4 Å². The van der Waals surface area contributed by atoms with E-state index in [1.54, 1.807) is 12.1 Å². The van der Waals surface area contributed by atoms with Crippen LogP contribution in [0, 0.1) is 5.92 Å². The number of nitrogens with zero attached hydrogens (tertiary/aromatic N) is 2. The molecule has 0 aliphatic rings. The van der Waals surface area contributed by atoms with E-state index in [4.69, 9.17) is 16.6 Å². The van der Waals surface area contributed by atoms with Crippen molar-refractivity contribution in [2.75, 3.05) is 0 Å². The van der Waals surface area contributed by atoms with Gasteiger partial charge in [-0.05, 0) is 42.3 Å². The van der Waals surface area contributed by atoms with E-state index < -0.39 is 0 Å². The Bertz CT molecular complexity index is 775. The Morgan fingerprint density at radius 2 is 1.86 bits per heavy atom. The average Bonchev–Trinajstić information content (AvgIpc) is 2.77. The van der Waals surface area contributed by atoms with Crippen LogP contribution in [0.4, 0.5) is 0 Å². The molecule has 21 heavy (non-hydrogen) atoms. The lowest BCUT2D eigenvalue weighted by molar-refractivity contribution is 0.475. The number of rotatable bonds is 3. The first kappa shape index (κ1) is 14.0. The first-order valence-corrected chi connectivity index (χ1v) is 7.37. The molecule has 0 radical (unpaired) electrons. The molecule has 1 aromatic heterocycles. The van der Waals surface area contributed by atoms with Gasteiger partial charge < -0.3 is 9.67 Å². The first-order valence-electron chi connectivity index (χ1n) is 7.00. The Morgan fingerprint density at radius 3 is 2.52 bits per heavy atom. The van der Waals surface area contributed by atoms with Crippen molar-refractivity contribution >= 4 is 22.6 Å². The highest BCUT2D eigenvalue weighted by Crippen LogP contribution is 2.28. The molecule has 3 aromatic rings. The van der Waals surface area contributed by atoms with Crippen LogP contribution in [0.1, 0.15) is 13.8 Å². The zero-order chi connectivity index (χ0) is 15.0. The summed E-state index contributed by atoms with van der Waals surface area (Å²) in [5.74, 6) is 1.65. The fraction of sp³-hybridized carbons (Fsp3) is 0.235. The second kappa shape index (κ2) is 5.41. The molecule has 3 nitrogen and oxygen atoms in total. The molecule has 0 bridgehead atoms. The number of hydrogen-bond donors (Lipinski definition) is 1. The van der Waals surface area contributed by atoms with E-state index >= 15 is 0 Å². The molecule has 1 N–H and O–H groups in total. The number of imidazole rings is 1. The number of phenolic OH excluding ortho intramolecular Hbond substituents is 1. The van der Waals surface area contributed by atoms with E-state index in [0.717, 1.165) is 29.0 Å². The van der Waals surface area contributed by atoms with E-state index in [0.29, 0.717) is 10.9 Å². The molecular weight excluding hydrogens is 284 g/mol. The molecule has 0 amide bonds. The number of fused-ring (bicyclic) bond motifs is 1. The highest BCUT2D eigenvalue weighted by molar-refractivity contribution is 6.30. The maximum Gasteiger partial charge on any atom is 0.141 e. The van der Waals surface area contributed by atoms with Crippen LogP contribution in [0.25, 0.3) is 22.4 Å². The minimum atomic E-state index is 0.259. The summed E-state index contributed by atoms with van der Waals surface area (Å²) in [7, 11) is 0. The average molecular weight is 301 g/mol. The van der Waals surface area contributed by atoms with Crippen LogP contribution >= 0.6 is 11.6 Å². The molecular formula is C17H17ClN2O. The summed E-state index contributed by atoms with van der Waals surface area (Å²) in [5.41, 5.74) is 2.86. The van der Waals surface area contributed by atoms with Crippen molar-refractivity contribution in [3.63, 3.8) is 0 Å². The van der Waals surface area contributed by atoms with Crippen molar-refractivity contribution < 1.29 is 5.11 Å². The Kier molecular flexibility index (Phi) is 3.60. The highest BCUT2D eigenvalue weighted by atomic mass is 35.5. The van der Waals surface area contributed by atoms with Crippen LogP contribution < -0.4 is 0 Å². The van der Waals surface area contributed by atoms with Gasteiger partial charge in [0.15, 0.2) is 0 Å². The first-order chi connectivity index (χ1) is 10.0. The quantitative estimate of drug-likeness (QED) is 0.760. The molecule has 2 aromatic carbocycles. The zero-order valence-electron chi connectivity index (χ0n) is 12.0. The summed E-state index contributed by atoms with van der Waals surface area (Å²) in [6.07, 6.45) is 0. The van der Waals surface area contributed by atoms with Crippen molar-refractivity contribution in [1.29, 1.82) is 0 Å². The molecule has 1 heterocycles. The lowest BCUT2D eigenvalue weighted by atomic mass is 10.2. The SMILES string of the molecule is CC(C)Cn1c(-c2ccc(Cl)cc2)nc2ccc(O)cc21. The second-order valence-corrected chi connectivity index (χ2v) is 6.06. The van der Waals surface area contributed by atoms with Gasteiger partial charge in [-0.15, -0.1) is 0 Å². The van der Waals surface area contributed by atoms with E-state index in [2.05, 4.69) is 18.4 Å². The number of halogens is 1. The van der Waals surface area contributed by atoms with Gasteiger partial charge in [-0.25, -0.2) is 4.98 Å². The summed E-state index contributed by atoms with van der Waals surface area (Å²) < 4.78 is 2.16. The molecule has 0 aliphatic heterocycles. The van der Waals surface area contributed by atoms with Crippen LogP contribution in [-0.2, 0) is 6.54 Å². The van der Waals surface area contributed by atoms with Crippen molar-refractivity contribution in [3.8, 4) is 17.1 Å². The molecule has 0 fully saturated rings. The zero-order valence-corrected chi connectivity index (χ0v) is 12.8. The largest absolute Gasteiger partial charge is 0.508 e. The van der Waals surface area contributed by atoms with Crippen molar-refractivity contribution in [2.45, 2.75) is 20.4 Å². The van der Waals surface area contributed by atoms with Crippen LogP contribution in [0.2, 0.25) is 5.02 Å². The van der Waals surface area contributed by atoms with Gasteiger partial charge in [0.25, 0.3) is 0 Å². The molecule has 0 spiro atoms. The summed E-state index contributed by atoms with van der Waals surface area (Å²) in [5, 5.41) is 10.5. The number of aromatic hydroxyl groups is 1. The van der Waals surface area contributed by atoms with Crippen LogP contribution in [0.5, 0.6) is 5.75 Å². The van der Waals surface area contributed by atoms with E-state index in [1.165, 1.54) is 0 Å². The topological polar surface area (TPSA) is 38.0 Å². The van der Waals surface area contributed by atoms with Crippen molar-refractivity contribution in [3.05, 3.63) is 47.5 Å². The van der Waals surface area contributed by atoms with Gasteiger partial charge in [-0.2, -0.15) is 0 Å². The van der Waals surface area contributed by atoms with Crippen molar-refractivity contribution in [2.24, 2.45) is 5.92 Å². The van der Waals surface area contributed by atoms with Gasteiger partial charge >= 0.3 is 0 Å². The maximum atomic E-state index is 9.75. The lowest BCUT2D eigenvalue weighted by Gasteiger charge is -2.12. The number of aromatic nitrogens is 2. The molecule has 0 saturated heterocycles. The fourth-order valence-corrected chi connectivity index (χ4v) is 2.61. The maximum absolute atomic E-state index is 9.75. The molecule has 3 rings (SSSR count).